The summed E-state index contributed by atoms with van der Waals surface area (Å²) in [6, 6.07) is 7.99. The number of aliphatic carboxylic acids is 1. The Balaban J connectivity index is 2.10. The molecule has 0 aromatic heterocycles. The molecule has 0 saturated heterocycles. The fourth-order valence-electron chi connectivity index (χ4n) is 2.88. The number of carboxylic acid groups (broad SMARTS) is 1. The number of carbonyl (C=O) groups excluding carboxylic acids is 1. The monoisotopic (exact) mass is 301 g/mol. The van der Waals surface area contributed by atoms with Crippen LogP contribution < -0.4 is 5.32 Å². The van der Waals surface area contributed by atoms with Crippen LogP contribution in [0.15, 0.2) is 36.4 Å². The number of rotatable bonds is 5. The number of hydrogen-bond acceptors (Lipinski definition) is 2. The summed E-state index contributed by atoms with van der Waals surface area (Å²) in [4.78, 5) is 23.8. The summed E-state index contributed by atoms with van der Waals surface area (Å²) in [5, 5.41) is 12.3. The number of amides is 1. The first kappa shape index (κ1) is 16.3. The van der Waals surface area contributed by atoms with Gasteiger partial charge in [-0.2, -0.15) is 0 Å². The van der Waals surface area contributed by atoms with Crippen LogP contribution in [-0.4, -0.2) is 17.0 Å². The molecular formula is C18H23NO3. The highest BCUT2D eigenvalue weighted by Crippen LogP contribution is 2.27. The molecule has 3 unspecified atom stereocenters. The molecule has 0 fully saturated rings. The van der Waals surface area contributed by atoms with Gasteiger partial charge in [0.25, 0.3) is 0 Å². The van der Waals surface area contributed by atoms with Crippen molar-refractivity contribution in [2.75, 3.05) is 0 Å². The van der Waals surface area contributed by atoms with Crippen molar-refractivity contribution in [3.8, 4) is 0 Å². The van der Waals surface area contributed by atoms with Gasteiger partial charge >= 0.3 is 5.97 Å². The maximum Gasteiger partial charge on any atom is 0.307 e. The van der Waals surface area contributed by atoms with Gasteiger partial charge in [0.05, 0.1) is 17.9 Å². The van der Waals surface area contributed by atoms with E-state index in [9.17, 15) is 14.7 Å². The molecule has 0 heterocycles. The number of carbonyl (C=O) groups is 2. The lowest BCUT2D eigenvalue weighted by Crippen LogP contribution is -2.40. The lowest BCUT2D eigenvalue weighted by Gasteiger charge is -2.27. The van der Waals surface area contributed by atoms with E-state index in [1.165, 1.54) is 5.56 Å². The number of allylic oxidation sites excluding steroid dienone is 2. The van der Waals surface area contributed by atoms with Crippen LogP contribution in [0.3, 0.4) is 0 Å². The molecule has 1 aliphatic rings. The van der Waals surface area contributed by atoms with Crippen molar-refractivity contribution in [1.29, 1.82) is 0 Å². The molecule has 0 saturated carbocycles. The molecule has 0 radical (unpaired) electrons. The molecule has 3 atom stereocenters. The van der Waals surface area contributed by atoms with Gasteiger partial charge in [-0.3, -0.25) is 9.59 Å². The quantitative estimate of drug-likeness (QED) is 0.821. The van der Waals surface area contributed by atoms with E-state index in [-0.39, 0.29) is 11.9 Å². The van der Waals surface area contributed by atoms with E-state index < -0.39 is 17.8 Å². The van der Waals surface area contributed by atoms with Crippen molar-refractivity contribution in [2.45, 2.75) is 39.2 Å². The minimum absolute atomic E-state index is 0.0755. The largest absolute Gasteiger partial charge is 0.481 e. The number of carboxylic acids is 1. The van der Waals surface area contributed by atoms with Crippen LogP contribution in [-0.2, 0) is 9.59 Å². The average molecular weight is 301 g/mol. The van der Waals surface area contributed by atoms with Crippen LogP contribution in [0.2, 0.25) is 0 Å². The highest BCUT2D eigenvalue weighted by molar-refractivity contribution is 5.85. The molecule has 22 heavy (non-hydrogen) atoms. The first-order valence-electron chi connectivity index (χ1n) is 7.77. The highest BCUT2D eigenvalue weighted by atomic mass is 16.4. The third-order valence-corrected chi connectivity index (χ3v) is 4.29. The molecule has 118 valence electrons. The summed E-state index contributed by atoms with van der Waals surface area (Å²) in [6.07, 6.45) is 5.44. The van der Waals surface area contributed by atoms with Crippen LogP contribution in [0.1, 0.15) is 43.4 Å². The van der Waals surface area contributed by atoms with Crippen LogP contribution >= 0.6 is 0 Å². The first-order chi connectivity index (χ1) is 10.5. The van der Waals surface area contributed by atoms with Crippen molar-refractivity contribution in [1.82, 2.24) is 5.32 Å². The predicted molar refractivity (Wildman–Crippen MR) is 85.3 cm³/mol. The van der Waals surface area contributed by atoms with Gasteiger partial charge < -0.3 is 10.4 Å². The Hall–Kier alpha value is -2.10. The van der Waals surface area contributed by atoms with E-state index in [0.29, 0.717) is 12.8 Å². The SMILES string of the molecule is CCC(NC(=O)C1CC=CCC1C(=O)O)c1ccc(C)cc1. The lowest BCUT2D eigenvalue weighted by atomic mass is 9.82. The molecule has 0 spiro atoms. The summed E-state index contributed by atoms with van der Waals surface area (Å²) in [6.45, 7) is 4.04. The zero-order chi connectivity index (χ0) is 16.1. The summed E-state index contributed by atoms with van der Waals surface area (Å²) < 4.78 is 0. The van der Waals surface area contributed by atoms with Crippen LogP contribution in [0.4, 0.5) is 0 Å². The summed E-state index contributed by atoms with van der Waals surface area (Å²) >= 11 is 0. The zero-order valence-corrected chi connectivity index (χ0v) is 13.1. The van der Waals surface area contributed by atoms with E-state index in [2.05, 4.69) is 5.32 Å². The Morgan fingerprint density at radius 2 is 1.77 bits per heavy atom. The van der Waals surface area contributed by atoms with Gasteiger partial charge in [0.1, 0.15) is 0 Å². The Labute approximate surface area is 131 Å². The molecule has 4 heteroatoms. The molecule has 1 aromatic carbocycles. The summed E-state index contributed by atoms with van der Waals surface area (Å²) in [5.74, 6) is -2.17. The van der Waals surface area contributed by atoms with E-state index in [0.717, 1.165) is 12.0 Å². The van der Waals surface area contributed by atoms with Gasteiger partial charge in [-0.25, -0.2) is 0 Å². The standard InChI is InChI=1S/C18H23NO3/c1-3-16(13-10-8-12(2)9-11-13)19-17(20)14-6-4-5-7-15(14)18(21)22/h4-5,8-11,14-16H,3,6-7H2,1-2H3,(H,19,20)(H,21,22). The van der Waals surface area contributed by atoms with E-state index in [1.807, 2.05) is 50.3 Å². The predicted octanol–water partition coefficient (Wildman–Crippen LogP) is 3.23. The maximum atomic E-state index is 12.5. The van der Waals surface area contributed by atoms with Gasteiger partial charge in [0.2, 0.25) is 5.91 Å². The van der Waals surface area contributed by atoms with Gasteiger partial charge in [0.15, 0.2) is 0 Å². The van der Waals surface area contributed by atoms with Crippen molar-refractivity contribution < 1.29 is 14.7 Å². The fraction of sp³-hybridized carbons (Fsp3) is 0.444. The van der Waals surface area contributed by atoms with Gasteiger partial charge in [-0.1, -0.05) is 48.9 Å². The van der Waals surface area contributed by atoms with Gasteiger partial charge in [0, 0.05) is 0 Å². The number of aryl methyl sites for hydroxylation is 1. The second-order valence-electron chi connectivity index (χ2n) is 5.87. The molecule has 2 N–H and O–H groups in total. The van der Waals surface area contributed by atoms with E-state index >= 15 is 0 Å². The van der Waals surface area contributed by atoms with Crippen molar-refractivity contribution in [3.05, 3.63) is 47.5 Å². The Kier molecular flexibility index (Phi) is 5.36. The molecule has 4 nitrogen and oxygen atoms in total. The molecule has 0 bridgehead atoms. The molecule has 1 amide bonds. The van der Waals surface area contributed by atoms with E-state index in [4.69, 9.17) is 0 Å². The lowest BCUT2D eigenvalue weighted by molar-refractivity contribution is -0.147. The topological polar surface area (TPSA) is 66.4 Å². The second kappa shape index (κ2) is 7.25. The number of benzene rings is 1. The summed E-state index contributed by atoms with van der Waals surface area (Å²) in [7, 11) is 0. The van der Waals surface area contributed by atoms with Gasteiger partial charge in [-0.05, 0) is 31.7 Å². The third kappa shape index (κ3) is 3.75. The van der Waals surface area contributed by atoms with Crippen molar-refractivity contribution in [3.63, 3.8) is 0 Å². The Morgan fingerprint density at radius 1 is 1.18 bits per heavy atom. The van der Waals surface area contributed by atoms with Crippen LogP contribution in [0.25, 0.3) is 0 Å². The Morgan fingerprint density at radius 3 is 2.32 bits per heavy atom. The Bertz CT molecular complexity index is 562. The van der Waals surface area contributed by atoms with E-state index in [1.54, 1.807) is 0 Å². The molecule has 1 aliphatic carbocycles. The molecule has 1 aromatic rings. The van der Waals surface area contributed by atoms with Crippen LogP contribution in [0, 0.1) is 18.8 Å². The normalized spacial score (nSPS) is 22.1. The van der Waals surface area contributed by atoms with Crippen LogP contribution in [0.5, 0.6) is 0 Å². The minimum Gasteiger partial charge on any atom is -0.481 e. The second-order valence-corrected chi connectivity index (χ2v) is 5.87. The number of hydrogen-bond donors (Lipinski definition) is 2. The molecular weight excluding hydrogens is 278 g/mol. The van der Waals surface area contributed by atoms with Crippen molar-refractivity contribution in [2.24, 2.45) is 11.8 Å². The minimum atomic E-state index is -0.895. The smallest absolute Gasteiger partial charge is 0.307 e. The third-order valence-electron chi connectivity index (χ3n) is 4.29. The average Bonchev–Trinajstić information content (AvgIpc) is 2.53. The van der Waals surface area contributed by atoms with Gasteiger partial charge in [-0.15, -0.1) is 0 Å². The highest BCUT2D eigenvalue weighted by Gasteiger charge is 2.34. The van der Waals surface area contributed by atoms with Crippen molar-refractivity contribution >= 4 is 11.9 Å². The zero-order valence-electron chi connectivity index (χ0n) is 13.1. The first-order valence-corrected chi connectivity index (χ1v) is 7.77. The maximum absolute atomic E-state index is 12.5. The molecule has 2 rings (SSSR count). The molecule has 0 aliphatic heterocycles. The fourth-order valence-corrected chi connectivity index (χ4v) is 2.88. The summed E-state index contributed by atoms with van der Waals surface area (Å²) in [5.41, 5.74) is 2.23. The number of nitrogens with one attached hydrogen (secondary N) is 1.